The fourth-order valence-electron chi connectivity index (χ4n) is 3.60. The molecule has 5 nitrogen and oxygen atoms in total. The van der Waals surface area contributed by atoms with Crippen LogP contribution in [0.4, 0.5) is 0 Å². The summed E-state index contributed by atoms with van der Waals surface area (Å²) in [6.45, 7) is 1.39. The van der Waals surface area contributed by atoms with Gasteiger partial charge in [-0.3, -0.25) is 9.59 Å². The van der Waals surface area contributed by atoms with Crippen molar-refractivity contribution in [3.63, 3.8) is 0 Å². The molecule has 2 amide bonds. The maximum atomic E-state index is 12.8. The molecule has 1 saturated heterocycles. The van der Waals surface area contributed by atoms with Gasteiger partial charge in [0, 0.05) is 19.5 Å². The van der Waals surface area contributed by atoms with Crippen molar-refractivity contribution in [3.8, 4) is 0 Å². The highest BCUT2D eigenvalue weighted by Gasteiger charge is 2.36. The van der Waals surface area contributed by atoms with Gasteiger partial charge in [0.25, 0.3) is 0 Å². The third-order valence-electron chi connectivity index (χ3n) is 4.80. The molecular formula is C15H27N3O2. The summed E-state index contributed by atoms with van der Waals surface area (Å²) in [5.74, 6) is 0.698. The number of nitrogens with two attached hydrogens (primary N) is 1. The van der Waals surface area contributed by atoms with Crippen LogP contribution in [-0.4, -0.2) is 42.9 Å². The largest absolute Gasteiger partial charge is 0.357 e. The molecule has 2 rings (SSSR count). The first-order valence-corrected chi connectivity index (χ1v) is 7.89. The van der Waals surface area contributed by atoms with Crippen molar-refractivity contribution in [2.24, 2.45) is 17.6 Å². The van der Waals surface area contributed by atoms with Gasteiger partial charge in [0.1, 0.15) is 6.04 Å². The summed E-state index contributed by atoms with van der Waals surface area (Å²) >= 11 is 0. The van der Waals surface area contributed by atoms with Crippen LogP contribution in [0.1, 0.15) is 44.9 Å². The highest BCUT2D eigenvalue weighted by Crippen LogP contribution is 2.31. The molecule has 0 aromatic heterocycles. The molecular weight excluding hydrogens is 254 g/mol. The predicted molar refractivity (Wildman–Crippen MR) is 77.9 cm³/mol. The molecule has 0 aromatic carbocycles. The molecule has 2 fully saturated rings. The molecule has 3 unspecified atom stereocenters. The number of amides is 2. The SMILES string of the molecule is CNC(=O)C1CCCCN1C(=O)C1CCCC(CN)C1. The Bertz CT molecular complexity index is 359. The average molecular weight is 281 g/mol. The van der Waals surface area contributed by atoms with Crippen LogP contribution in [-0.2, 0) is 9.59 Å². The Hall–Kier alpha value is -1.10. The number of likely N-dealkylation sites (N-methyl/N-ethyl adjacent to an activating group) is 1. The lowest BCUT2D eigenvalue weighted by Crippen LogP contribution is -2.53. The van der Waals surface area contributed by atoms with Gasteiger partial charge in [0.2, 0.25) is 11.8 Å². The van der Waals surface area contributed by atoms with Gasteiger partial charge in [-0.1, -0.05) is 6.42 Å². The Morgan fingerprint density at radius 2 is 2.00 bits per heavy atom. The molecule has 1 heterocycles. The van der Waals surface area contributed by atoms with Gasteiger partial charge in [0.05, 0.1) is 0 Å². The van der Waals surface area contributed by atoms with E-state index in [0.29, 0.717) is 12.5 Å². The van der Waals surface area contributed by atoms with Crippen molar-refractivity contribution < 1.29 is 9.59 Å². The second-order valence-electron chi connectivity index (χ2n) is 6.12. The van der Waals surface area contributed by atoms with E-state index >= 15 is 0 Å². The normalized spacial score (nSPS) is 30.9. The molecule has 3 atom stereocenters. The van der Waals surface area contributed by atoms with Crippen molar-refractivity contribution in [1.29, 1.82) is 0 Å². The highest BCUT2D eigenvalue weighted by molar-refractivity contribution is 5.88. The number of carbonyl (C=O) groups excluding carboxylic acids is 2. The Kier molecular flexibility index (Phi) is 5.40. The molecule has 114 valence electrons. The number of likely N-dealkylation sites (tertiary alicyclic amines) is 1. The minimum absolute atomic E-state index is 0.0239. The van der Waals surface area contributed by atoms with Gasteiger partial charge in [0.15, 0.2) is 0 Å². The van der Waals surface area contributed by atoms with Gasteiger partial charge in [-0.05, 0) is 51.0 Å². The Morgan fingerprint density at radius 3 is 2.70 bits per heavy atom. The van der Waals surface area contributed by atoms with Gasteiger partial charge in [-0.15, -0.1) is 0 Å². The summed E-state index contributed by atoms with van der Waals surface area (Å²) < 4.78 is 0. The molecule has 1 aliphatic heterocycles. The summed E-state index contributed by atoms with van der Waals surface area (Å²) in [6, 6.07) is -0.264. The van der Waals surface area contributed by atoms with Crippen LogP contribution in [0.3, 0.4) is 0 Å². The molecule has 5 heteroatoms. The van der Waals surface area contributed by atoms with Crippen LogP contribution in [0.25, 0.3) is 0 Å². The van der Waals surface area contributed by atoms with E-state index in [1.807, 2.05) is 4.90 Å². The standard InChI is InChI=1S/C15H27N3O2/c1-17-14(19)13-7-2-3-8-18(13)15(20)12-6-4-5-11(9-12)10-16/h11-13H,2-10,16H2,1H3,(H,17,19). The smallest absolute Gasteiger partial charge is 0.242 e. The summed E-state index contributed by atoms with van der Waals surface area (Å²) in [7, 11) is 1.64. The van der Waals surface area contributed by atoms with Crippen molar-refractivity contribution in [2.45, 2.75) is 51.0 Å². The Labute approximate surface area is 121 Å². The van der Waals surface area contributed by atoms with Crippen molar-refractivity contribution in [1.82, 2.24) is 10.2 Å². The summed E-state index contributed by atoms with van der Waals surface area (Å²) in [5, 5.41) is 2.69. The Balaban J connectivity index is 2.03. The lowest BCUT2D eigenvalue weighted by molar-refractivity contribution is -0.146. The van der Waals surface area contributed by atoms with E-state index in [1.54, 1.807) is 7.05 Å². The molecule has 0 bridgehead atoms. The van der Waals surface area contributed by atoms with Gasteiger partial charge >= 0.3 is 0 Å². The van der Waals surface area contributed by atoms with Crippen LogP contribution < -0.4 is 11.1 Å². The molecule has 0 aromatic rings. The number of nitrogens with zero attached hydrogens (tertiary/aromatic N) is 1. The first-order valence-electron chi connectivity index (χ1n) is 7.89. The fraction of sp³-hybridized carbons (Fsp3) is 0.867. The first-order chi connectivity index (χ1) is 9.67. The third-order valence-corrected chi connectivity index (χ3v) is 4.80. The van der Waals surface area contributed by atoms with Crippen LogP contribution in [0, 0.1) is 11.8 Å². The summed E-state index contributed by atoms with van der Waals surface area (Å²) in [6.07, 6.45) is 6.89. The van der Waals surface area contributed by atoms with Crippen LogP contribution in [0.5, 0.6) is 0 Å². The third kappa shape index (κ3) is 3.32. The number of nitrogens with one attached hydrogen (secondary N) is 1. The molecule has 1 aliphatic carbocycles. The first kappa shape index (κ1) is 15.3. The van der Waals surface area contributed by atoms with Gasteiger partial charge in [-0.25, -0.2) is 0 Å². The van der Waals surface area contributed by atoms with E-state index in [9.17, 15) is 9.59 Å². The molecule has 2 aliphatic rings. The number of carbonyl (C=O) groups is 2. The monoisotopic (exact) mass is 281 g/mol. The van der Waals surface area contributed by atoms with E-state index in [4.69, 9.17) is 5.73 Å². The Morgan fingerprint density at radius 1 is 1.20 bits per heavy atom. The molecule has 0 spiro atoms. The molecule has 0 radical (unpaired) electrons. The highest BCUT2D eigenvalue weighted by atomic mass is 16.2. The van der Waals surface area contributed by atoms with Crippen molar-refractivity contribution in [2.75, 3.05) is 20.1 Å². The van der Waals surface area contributed by atoms with E-state index in [2.05, 4.69) is 5.32 Å². The molecule has 1 saturated carbocycles. The molecule has 3 N–H and O–H groups in total. The zero-order valence-corrected chi connectivity index (χ0v) is 12.4. The number of hydrogen-bond acceptors (Lipinski definition) is 3. The minimum Gasteiger partial charge on any atom is -0.357 e. The van der Waals surface area contributed by atoms with Crippen LogP contribution in [0.15, 0.2) is 0 Å². The predicted octanol–water partition coefficient (Wildman–Crippen LogP) is 0.879. The van der Waals surface area contributed by atoms with E-state index in [-0.39, 0.29) is 23.8 Å². The maximum absolute atomic E-state index is 12.8. The van der Waals surface area contributed by atoms with Crippen LogP contribution >= 0.6 is 0 Å². The minimum atomic E-state index is -0.264. The number of piperidine rings is 1. The van der Waals surface area contributed by atoms with E-state index in [1.165, 1.54) is 0 Å². The summed E-state index contributed by atoms with van der Waals surface area (Å²) in [5.41, 5.74) is 5.75. The summed E-state index contributed by atoms with van der Waals surface area (Å²) in [4.78, 5) is 26.5. The second-order valence-corrected chi connectivity index (χ2v) is 6.12. The fourth-order valence-corrected chi connectivity index (χ4v) is 3.60. The lowest BCUT2D eigenvalue weighted by atomic mass is 9.80. The lowest BCUT2D eigenvalue weighted by Gasteiger charge is -2.38. The van der Waals surface area contributed by atoms with Gasteiger partial charge < -0.3 is 16.0 Å². The zero-order chi connectivity index (χ0) is 14.5. The average Bonchev–Trinajstić information content (AvgIpc) is 2.53. The number of rotatable bonds is 3. The van der Waals surface area contributed by atoms with Crippen LogP contribution in [0.2, 0.25) is 0 Å². The quantitative estimate of drug-likeness (QED) is 0.806. The van der Waals surface area contributed by atoms with Crippen molar-refractivity contribution >= 4 is 11.8 Å². The topological polar surface area (TPSA) is 75.4 Å². The van der Waals surface area contributed by atoms with Crippen molar-refractivity contribution in [3.05, 3.63) is 0 Å². The van der Waals surface area contributed by atoms with Gasteiger partial charge in [-0.2, -0.15) is 0 Å². The maximum Gasteiger partial charge on any atom is 0.242 e. The zero-order valence-electron chi connectivity index (χ0n) is 12.4. The van der Waals surface area contributed by atoms with E-state index < -0.39 is 0 Å². The molecule has 20 heavy (non-hydrogen) atoms. The second kappa shape index (κ2) is 7.07. The van der Waals surface area contributed by atoms with E-state index in [0.717, 1.165) is 51.5 Å². The number of hydrogen-bond donors (Lipinski definition) is 2.